The number of pyridine rings is 1. The third-order valence-electron chi connectivity index (χ3n) is 4.72. The molecule has 1 aliphatic rings. The maximum atomic E-state index is 12.1. The first-order chi connectivity index (χ1) is 14.9. The largest absolute Gasteiger partial charge is 0.439 e. The zero-order valence-corrected chi connectivity index (χ0v) is 17.4. The second-order valence-electron chi connectivity index (χ2n) is 6.95. The third-order valence-corrected chi connectivity index (χ3v) is 4.94. The maximum absolute atomic E-state index is 12.1. The predicted octanol–water partition coefficient (Wildman–Crippen LogP) is 1.99. The molecule has 2 heterocycles. The van der Waals surface area contributed by atoms with Gasteiger partial charge in [0.1, 0.15) is 17.2 Å². The van der Waals surface area contributed by atoms with Crippen molar-refractivity contribution in [2.75, 3.05) is 13.1 Å². The van der Waals surface area contributed by atoms with Crippen LogP contribution in [0.2, 0.25) is 5.02 Å². The summed E-state index contributed by atoms with van der Waals surface area (Å²) in [6.07, 6.45) is 5.16. The van der Waals surface area contributed by atoms with Gasteiger partial charge in [0.2, 0.25) is 5.88 Å². The number of benzene rings is 1. The van der Waals surface area contributed by atoms with Gasteiger partial charge >= 0.3 is 0 Å². The number of piperidine rings is 1. The molecule has 2 aromatic rings. The van der Waals surface area contributed by atoms with E-state index in [0.717, 1.165) is 12.8 Å². The van der Waals surface area contributed by atoms with E-state index < -0.39 is 5.91 Å². The number of amides is 1. The number of nitrogens with zero attached hydrogens (tertiary/aromatic N) is 4. The summed E-state index contributed by atoms with van der Waals surface area (Å²) in [4.78, 5) is 22.1. The van der Waals surface area contributed by atoms with E-state index in [4.69, 9.17) is 38.8 Å². The van der Waals surface area contributed by atoms with Crippen molar-refractivity contribution in [1.29, 1.82) is 5.26 Å². The number of likely N-dealkylation sites (tertiary alicyclic amines) is 1. The molecule has 6 N–H and O–H groups in total. The Labute approximate surface area is 184 Å². The van der Waals surface area contributed by atoms with E-state index in [1.165, 1.54) is 6.20 Å². The summed E-state index contributed by atoms with van der Waals surface area (Å²) in [5, 5.41) is 9.58. The topological polar surface area (TPSA) is 157 Å². The van der Waals surface area contributed by atoms with Gasteiger partial charge in [-0.2, -0.15) is 5.26 Å². The molecule has 1 aliphatic heterocycles. The minimum absolute atomic E-state index is 0.0412. The zero-order valence-electron chi connectivity index (χ0n) is 16.7. The van der Waals surface area contributed by atoms with Crippen molar-refractivity contribution in [2.24, 2.45) is 22.2 Å². The van der Waals surface area contributed by atoms with Gasteiger partial charge in [0.25, 0.3) is 5.91 Å². The van der Waals surface area contributed by atoms with Crippen molar-refractivity contribution >= 4 is 29.0 Å². The van der Waals surface area contributed by atoms with Crippen LogP contribution in [0, 0.1) is 11.5 Å². The number of nitrogens with two attached hydrogens (primary N) is 3. The minimum Gasteiger partial charge on any atom is -0.439 e. The molecule has 1 unspecified atom stereocenters. The number of hydrogen-bond acceptors (Lipinski definition) is 7. The number of ether oxygens (including phenoxy) is 1. The Balaban J connectivity index is 1.81. The van der Waals surface area contributed by atoms with Gasteiger partial charge in [-0.05, 0) is 48.7 Å². The molecule has 3 rings (SSSR count). The number of rotatable bonds is 6. The van der Waals surface area contributed by atoms with E-state index in [9.17, 15) is 4.79 Å². The second-order valence-corrected chi connectivity index (χ2v) is 7.39. The average molecular weight is 440 g/mol. The lowest BCUT2D eigenvalue weighted by atomic mass is 10.0. The summed E-state index contributed by atoms with van der Waals surface area (Å²) in [5.41, 5.74) is 18.4. The Morgan fingerprint density at radius 3 is 2.58 bits per heavy atom. The van der Waals surface area contributed by atoms with Gasteiger partial charge < -0.3 is 26.8 Å². The van der Waals surface area contributed by atoms with Gasteiger partial charge in [-0.3, -0.25) is 9.79 Å². The van der Waals surface area contributed by atoms with Gasteiger partial charge in [0.05, 0.1) is 23.3 Å². The number of aromatic nitrogens is 1. The number of amidine groups is 1. The molecule has 160 valence electrons. The van der Waals surface area contributed by atoms with Crippen LogP contribution >= 0.6 is 11.6 Å². The van der Waals surface area contributed by atoms with Crippen LogP contribution in [-0.2, 0) is 4.79 Å². The molecule has 1 atom stereocenters. The molecule has 0 radical (unpaired) electrons. The molecule has 0 aliphatic carbocycles. The lowest BCUT2D eigenvalue weighted by Crippen LogP contribution is -2.37. The van der Waals surface area contributed by atoms with Crippen LogP contribution in [0.4, 0.5) is 0 Å². The summed E-state index contributed by atoms with van der Waals surface area (Å²) in [7, 11) is 0. The van der Waals surface area contributed by atoms with E-state index in [1.807, 2.05) is 0 Å². The van der Waals surface area contributed by atoms with Crippen molar-refractivity contribution < 1.29 is 9.53 Å². The molecule has 1 saturated heterocycles. The molecule has 10 heteroatoms. The van der Waals surface area contributed by atoms with Crippen molar-refractivity contribution in [3.63, 3.8) is 0 Å². The third kappa shape index (κ3) is 5.65. The lowest BCUT2D eigenvalue weighted by Gasteiger charge is -2.26. The van der Waals surface area contributed by atoms with Crippen LogP contribution in [0.3, 0.4) is 0 Å². The van der Waals surface area contributed by atoms with E-state index in [2.05, 4.69) is 16.2 Å². The molecule has 1 aromatic heterocycles. The van der Waals surface area contributed by atoms with E-state index in [1.54, 1.807) is 41.3 Å². The highest BCUT2D eigenvalue weighted by Crippen LogP contribution is 2.23. The highest BCUT2D eigenvalue weighted by atomic mass is 35.5. The van der Waals surface area contributed by atoms with E-state index in [0.29, 0.717) is 35.3 Å². The highest BCUT2D eigenvalue weighted by molar-refractivity contribution is 6.30. The first kappa shape index (κ1) is 21.9. The Morgan fingerprint density at radius 1 is 1.23 bits per heavy atom. The van der Waals surface area contributed by atoms with Crippen molar-refractivity contribution in [1.82, 2.24) is 9.88 Å². The zero-order chi connectivity index (χ0) is 22.4. The van der Waals surface area contributed by atoms with Crippen LogP contribution in [0.15, 0.2) is 53.2 Å². The minimum atomic E-state index is -0.780. The molecule has 1 aromatic carbocycles. The quantitative estimate of drug-likeness (QED) is 0.269. The van der Waals surface area contributed by atoms with E-state index >= 15 is 0 Å². The van der Waals surface area contributed by atoms with Gasteiger partial charge in [-0.1, -0.05) is 11.6 Å². The fourth-order valence-corrected chi connectivity index (χ4v) is 3.31. The van der Waals surface area contributed by atoms with Crippen molar-refractivity contribution in [2.45, 2.75) is 18.9 Å². The molecule has 0 bridgehead atoms. The molecule has 31 heavy (non-hydrogen) atoms. The standard InChI is InChI=1S/C21H22ClN7O2/c22-14-5-8-17(27-10-14)31-16-6-3-13(4-7-16)19(24)18(21(26)30)20(25)28-15-2-1-9-29(11-15)12-23/h3-8,10,15H,1-2,9,11,24H2,(H2,25,28)(H2,26,30). The smallest absolute Gasteiger partial charge is 0.254 e. The fraction of sp³-hybridized carbons (Fsp3) is 0.238. The summed E-state index contributed by atoms with van der Waals surface area (Å²) in [6, 6.07) is 9.81. The summed E-state index contributed by atoms with van der Waals surface area (Å²) in [6.45, 7) is 1.12. The van der Waals surface area contributed by atoms with Crippen LogP contribution in [0.5, 0.6) is 11.6 Å². The SMILES string of the molecule is N#CN1CCCC(N=C(N)C(C(N)=O)=C(N)c2ccc(Oc3ccc(Cl)cn3)cc2)C1. The summed E-state index contributed by atoms with van der Waals surface area (Å²) in [5.74, 6) is 0.0825. The number of halogens is 1. The fourth-order valence-electron chi connectivity index (χ4n) is 3.20. The summed E-state index contributed by atoms with van der Waals surface area (Å²) < 4.78 is 5.65. The normalized spacial score (nSPS) is 17.5. The Bertz CT molecular complexity index is 1040. The number of aliphatic imine (C=N–C) groups is 1. The first-order valence-electron chi connectivity index (χ1n) is 9.55. The number of nitriles is 1. The number of carbonyl (C=O) groups excluding carboxylic acids is 1. The van der Waals surface area contributed by atoms with Crippen LogP contribution in [0.25, 0.3) is 5.70 Å². The second kappa shape index (κ2) is 9.82. The number of primary amides is 1. The summed E-state index contributed by atoms with van der Waals surface area (Å²) >= 11 is 5.82. The van der Waals surface area contributed by atoms with E-state index in [-0.39, 0.29) is 23.1 Å². The first-order valence-corrected chi connectivity index (χ1v) is 9.93. The van der Waals surface area contributed by atoms with Crippen LogP contribution < -0.4 is 21.9 Å². The number of carbonyl (C=O) groups is 1. The van der Waals surface area contributed by atoms with Gasteiger partial charge in [-0.25, -0.2) is 4.98 Å². The van der Waals surface area contributed by atoms with Gasteiger partial charge in [0, 0.05) is 18.8 Å². The Kier molecular flexibility index (Phi) is 6.95. The monoisotopic (exact) mass is 439 g/mol. The highest BCUT2D eigenvalue weighted by Gasteiger charge is 2.22. The van der Waals surface area contributed by atoms with Crippen LogP contribution in [-0.4, -0.2) is 40.8 Å². The van der Waals surface area contributed by atoms with Crippen LogP contribution in [0.1, 0.15) is 18.4 Å². The van der Waals surface area contributed by atoms with Crippen molar-refractivity contribution in [3.05, 3.63) is 58.8 Å². The molecule has 9 nitrogen and oxygen atoms in total. The molecule has 0 spiro atoms. The predicted molar refractivity (Wildman–Crippen MR) is 118 cm³/mol. The van der Waals surface area contributed by atoms with Gasteiger partial charge in [-0.15, -0.1) is 0 Å². The maximum Gasteiger partial charge on any atom is 0.254 e. The molecule has 1 fully saturated rings. The molecular formula is C21H22ClN7O2. The lowest BCUT2D eigenvalue weighted by molar-refractivity contribution is -0.114. The molecular weight excluding hydrogens is 418 g/mol. The molecule has 1 amide bonds. The van der Waals surface area contributed by atoms with Gasteiger partial charge in [0.15, 0.2) is 6.19 Å². The number of hydrogen-bond donors (Lipinski definition) is 3. The Hall–Kier alpha value is -3.77. The average Bonchev–Trinajstić information content (AvgIpc) is 2.75. The van der Waals surface area contributed by atoms with Crippen molar-refractivity contribution in [3.8, 4) is 17.8 Å². The molecule has 0 saturated carbocycles. The Morgan fingerprint density at radius 2 is 1.97 bits per heavy atom.